The molecule has 7 heteroatoms. The zero-order valence-electron chi connectivity index (χ0n) is 14.5. The van der Waals surface area contributed by atoms with Gasteiger partial charge >= 0.3 is 0 Å². The number of carbonyl (C=O) groups is 1. The topological polar surface area (TPSA) is 52.2 Å². The molecule has 1 N–H and O–H groups in total. The van der Waals surface area contributed by atoms with Crippen molar-refractivity contribution in [3.63, 3.8) is 0 Å². The van der Waals surface area contributed by atoms with Gasteiger partial charge in [-0.25, -0.2) is 0 Å². The number of benzene rings is 2. The van der Waals surface area contributed by atoms with Gasteiger partial charge in [0.05, 0.1) is 16.4 Å². The molecule has 1 aliphatic heterocycles. The summed E-state index contributed by atoms with van der Waals surface area (Å²) in [6.07, 6.45) is 0. The minimum Gasteiger partial charge on any atom is -0.367 e. The summed E-state index contributed by atoms with van der Waals surface area (Å²) in [5.74, 6) is -0.0467. The minimum absolute atomic E-state index is 0.0467. The maximum Gasteiger partial charge on any atom is 0.272 e. The van der Waals surface area contributed by atoms with Gasteiger partial charge in [0.2, 0.25) is 0 Å². The van der Waals surface area contributed by atoms with Crippen molar-refractivity contribution in [2.24, 2.45) is 0 Å². The van der Waals surface area contributed by atoms with Gasteiger partial charge < -0.3 is 9.80 Å². The normalized spacial score (nSPS) is 14.4. The van der Waals surface area contributed by atoms with Crippen LogP contribution in [0.2, 0.25) is 10.0 Å². The van der Waals surface area contributed by atoms with Gasteiger partial charge in [-0.2, -0.15) is 5.10 Å². The van der Waals surface area contributed by atoms with Crippen LogP contribution in [0, 0.1) is 0 Å². The molecule has 0 atom stereocenters. The average molecular weight is 401 g/mol. The van der Waals surface area contributed by atoms with E-state index in [4.69, 9.17) is 23.2 Å². The van der Waals surface area contributed by atoms with Crippen LogP contribution in [0.4, 0.5) is 5.69 Å². The number of rotatable bonds is 3. The van der Waals surface area contributed by atoms with Crippen LogP contribution in [-0.2, 0) is 0 Å². The Kier molecular flexibility index (Phi) is 5.05. The zero-order valence-corrected chi connectivity index (χ0v) is 16.0. The first-order valence-electron chi connectivity index (χ1n) is 8.72. The highest BCUT2D eigenvalue weighted by Crippen LogP contribution is 2.26. The molecule has 2 aromatic carbocycles. The fourth-order valence-corrected chi connectivity index (χ4v) is 3.70. The molecule has 5 nitrogen and oxygen atoms in total. The van der Waals surface area contributed by atoms with E-state index in [2.05, 4.69) is 15.1 Å². The summed E-state index contributed by atoms with van der Waals surface area (Å²) >= 11 is 12.3. The number of para-hydroxylation sites is 1. The van der Waals surface area contributed by atoms with Crippen LogP contribution < -0.4 is 4.90 Å². The molecule has 138 valence electrons. The van der Waals surface area contributed by atoms with Crippen LogP contribution in [0.1, 0.15) is 10.5 Å². The highest BCUT2D eigenvalue weighted by molar-refractivity contribution is 6.33. The Hall–Kier alpha value is -2.50. The number of halogens is 2. The Bertz CT molecular complexity index is 964. The molecule has 1 aromatic heterocycles. The molecule has 1 amide bonds. The van der Waals surface area contributed by atoms with Gasteiger partial charge in [0.1, 0.15) is 5.69 Å². The fourth-order valence-electron chi connectivity index (χ4n) is 3.26. The quantitative estimate of drug-likeness (QED) is 0.710. The lowest BCUT2D eigenvalue weighted by Crippen LogP contribution is -2.49. The maximum absolute atomic E-state index is 12.8. The average Bonchev–Trinajstić information content (AvgIpc) is 3.18. The molecule has 0 unspecified atom stereocenters. The number of nitrogens with one attached hydrogen (secondary N) is 1. The molecule has 2 heterocycles. The molecule has 27 heavy (non-hydrogen) atoms. The smallest absolute Gasteiger partial charge is 0.272 e. The summed E-state index contributed by atoms with van der Waals surface area (Å²) in [5, 5.41) is 8.48. The lowest BCUT2D eigenvalue weighted by Gasteiger charge is -2.36. The van der Waals surface area contributed by atoms with E-state index in [1.165, 1.54) is 0 Å². The highest BCUT2D eigenvalue weighted by Gasteiger charge is 2.24. The van der Waals surface area contributed by atoms with Crippen LogP contribution in [0.15, 0.2) is 54.6 Å². The minimum atomic E-state index is -0.0467. The monoisotopic (exact) mass is 400 g/mol. The van der Waals surface area contributed by atoms with Gasteiger partial charge in [0.15, 0.2) is 0 Å². The number of amides is 1. The van der Waals surface area contributed by atoms with Crippen LogP contribution >= 0.6 is 23.2 Å². The van der Waals surface area contributed by atoms with Crippen molar-refractivity contribution < 1.29 is 4.79 Å². The van der Waals surface area contributed by atoms with Gasteiger partial charge in [-0.1, -0.05) is 47.5 Å². The lowest BCUT2D eigenvalue weighted by atomic mass is 10.1. The van der Waals surface area contributed by atoms with Crippen LogP contribution in [0.3, 0.4) is 0 Å². The molecule has 0 spiro atoms. The molecule has 0 bridgehead atoms. The Labute approximate surface area is 167 Å². The largest absolute Gasteiger partial charge is 0.367 e. The van der Waals surface area contributed by atoms with Crippen molar-refractivity contribution in [1.82, 2.24) is 15.1 Å². The predicted octanol–water partition coefficient (Wildman–Crippen LogP) is 4.35. The Balaban J connectivity index is 1.43. The Morgan fingerprint density at radius 2 is 1.74 bits per heavy atom. The summed E-state index contributed by atoms with van der Waals surface area (Å²) < 4.78 is 0. The standard InChI is InChI=1S/C20H18Cl2N4O/c21-15-5-3-4-14(12-15)17-13-18(24-23-17)20(27)26-10-8-25(9-11-26)19-7-2-1-6-16(19)22/h1-7,12-13H,8-11H2,(H,23,24). The number of carbonyl (C=O) groups excluding carboxylic acids is 1. The third-order valence-corrected chi connectivity index (χ3v) is 5.24. The maximum atomic E-state index is 12.8. The molecule has 1 aliphatic rings. The third-order valence-electron chi connectivity index (χ3n) is 4.69. The van der Waals surface area contributed by atoms with Crippen molar-refractivity contribution in [2.45, 2.75) is 0 Å². The molecule has 0 saturated carbocycles. The zero-order chi connectivity index (χ0) is 18.8. The lowest BCUT2D eigenvalue weighted by molar-refractivity contribution is 0.0741. The van der Waals surface area contributed by atoms with Gasteiger partial charge in [-0.3, -0.25) is 9.89 Å². The predicted molar refractivity (Wildman–Crippen MR) is 109 cm³/mol. The highest BCUT2D eigenvalue weighted by atomic mass is 35.5. The van der Waals surface area contributed by atoms with E-state index in [0.717, 1.165) is 29.4 Å². The summed E-state index contributed by atoms with van der Waals surface area (Å²) in [4.78, 5) is 16.8. The van der Waals surface area contributed by atoms with Crippen molar-refractivity contribution in [3.8, 4) is 11.3 Å². The van der Waals surface area contributed by atoms with E-state index in [1.54, 1.807) is 6.07 Å². The van der Waals surface area contributed by atoms with E-state index in [1.807, 2.05) is 53.4 Å². The second kappa shape index (κ2) is 7.62. The van der Waals surface area contributed by atoms with E-state index in [0.29, 0.717) is 29.5 Å². The summed E-state index contributed by atoms with van der Waals surface area (Å²) in [6.45, 7) is 2.75. The number of anilines is 1. The van der Waals surface area contributed by atoms with E-state index < -0.39 is 0 Å². The van der Waals surface area contributed by atoms with E-state index in [9.17, 15) is 4.79 Å². The molecule has 3 aromatic rings. The summed E-state index contributed by atoms with van der Waals surface area (Å²) in [7, 11) is 0. The van der Waals surface area contributed by atoms with Crippen molar-refractivity contribution in [1.29, 1.82) is 0 Å². The third kappa shape index (κ3) is 3.80. The van der Waals surface area contributed by atoms with Crippen molar-refractivity contribution >= 4 is 34.8 Å². The van der Waals surface area contributed by atoms with Crippen molar-refractivity contribution in [2.75, 3.05) is 31.1 Å². The fraction of sp³-hybridized carbons (Fsp3) is 0.200. The van der Waals surface area contributed by atoms with Gasteiger partial charge in [0, 0.05) is 36.8 Å². The number of nitrogens with zero attached hydrogens (tertiary/aromatic N) is 3. The number of H-pyrrole nitrogens is 1. The summed E-state index contributed by atoms with van der Waals surface area (Å²) in [6, 6.07) is 17.0. The van der Waals surface area contributed by atoms with E-state index >= 15 is 0 Å². The number of hydrogen-bond donors (Lipinski definition) is 1. The van der Waals surface area contributed by atoms with Crippen molar-refractivity contribution in [3.05, 3.63) is 70.3 Å². The first-order valence-corrected chi connectivity index (χ1v) is 9.47. The number of hydrogen-bond acceptors (Lipinski definition) is 3. The number of aromatic nitrogens is 2. The number of piperazine rings is 1. The first-order chi connectivity index (χ1) is 13.1. The number of aromatic amines is 1. The van der Waals surface area contributed by atoms with Gasteiger partial charge in [0.25, 0.3) is 5.91 Å². The molecular formula is C20H18Cl2N4O. The first kappa shape index (κ1) is 17.9. The van der Waals surface area contributed by atoms with Crippen LogP contribution in [-0.4, -0.2) is 47.2 Å². The molecular weight excluding hydrogens is 383 g/mol. The molecule has 0 aliphatic carbocycles. The second-order valence-electron chi connectivity index (χ2n) is 6.41. The second-order valence-corrected chi connectivity index (χ2v) is 7.25. The van der Waals surface area contributed by atoms with Crippen LogP contribution in [0.5, 0.6) is 0 Å². The van der Waals surface area contributed by atoms with Gasteiger partial charge in [-0.15, -0.1) is 0 Å². The molecule has 0 radical (unpaired) electrons. The molecule has 1 saturated heterocycles. The molecule has 4 rings (SSSR count). The Morgan fingerprint density at radius 3 is 2.48 bits per heavy atom. The van der Waals surface area contributed by atoms with Crippen LogP contribution in [0.25, 0.3) is 11.3 Å². The Morgan fingerprint density at radius 1 is 0.963 bits per heavy atom. The SMILES string of the molecule is O=C(c1cc(-c2cccc(Cl)c2)n[nH]1)N1CCN(c2ccccc2Cl)CC1. The van der Waals surface area contributed by atoms with Gasteiger partial charge in [-0.05, 0) is 30.3 Å². The van der Waals surface area contributed by atoms with E-state index in [-0.39, 0.29) is 5.91 Å². The summed E-state index contributed by atoms with van der Waals surface area (Å²) in [5.41, 5.74) is 3.07. The molecule has 1 fully saturated rings.